The number of amides is 1. The summed E-state index contributed by atoms with van der Waals surface area (Å²) in [6.45, 7) is 10.00. The number of nitrogens with zero attached hydrogens (tertiary/aromatic N) is 4. The zero-order valence-electron chi connectivity index (χ0n) is 20.2. The van der Waals surface area contributed by atoms with Gasteiger partial charge in [0.1, 0.15) is 4.88 Å². The van der Waals surface area contributed by atoms with E-state index in [2.05, 4.69) is 50.9 Å². The fourth-order valence-corrected chi connectivity index (χ4v) is 5.35. The summed E-state index contributed by atoms with van der Waals surface area (Å²) in [4.78, 5) is 23.4. The number of imidazole rings is 1. The molecule has 0 N–H and O–H groups in total. The number of ether oxygens (including phenoxy) is 1. The van der Waals surface area contributed by atoms with Crippen LogP contribution in [0.15, 0.2) is 24.4 Å². The molecule has 0 bridgehead atoms. The highest BCUT2D eigenvalue weighted by Crippen LogP contribution is 2.26. The third-order valence-electron chi connectivity index (χ3n) is 5.75. The molecule has 0 saturated carbocycles. The Balaban J connectivity index is 0.00000193. The largest absolute Gasteiger partial charge is 0.378 e. The van der Waals surface area contributed by atoms with E-state index in [1.54, 1.807) is 4.90 Å². The van der Waals surface area contributed by atoms with Crippen LogP contribution in [0.25, 0.3) is 16.0 Å². The molecule has 1 unspecified atom stereocenters. The monoisotopic (exact) mass is 514 g/mol. The van der Waals surface area contributed by atoms with Gasteiger partial charge in [-0.15, -0.1) is 24.8 Å². The predicted molar refractivity (Wildman–Crippen MR) is 141 cm³/mol. The normalized spacial score (nSPS) is 16.2. The summed E-state index contributed by atoms with van der Waals surface area (Å²) < 4.78 is 7.78. The third kappa shape index (κ3) is 6.83. The SMILES string of the molecule is CN(CCC1CCCO1)Cc1ccc2c(c1)nc1sc(C(=O)N(C)CC(C)(C)C)cn12.Cl.Cl. The number of hydrogen-bond acceptors (Lipinski definition) is 5. The quantitative estimate of drug-likeness (QED) is 0.416. The highest BCUT2D eigenvalue weighted by Gasteiger charge is 2.22. The molecule has 3 aromatic rings. The van der Waals surface area contributed by atoms with Gasteiger partial charge in [0.15, 0.2) is 4.96 Å². The lowest BCUT2D eigenvalue weighted by Crippen LogP contribution is -2.34. The second-order valence-electron chi connectivity index (χ2n) is 10.1. The van der Waals surface area contributed by atoms with Crippen molar-refractivity contribution in [3.8, 4) is 0 Å². The molecule has 33 heavy (non-hydrogen) atoms. The van der Waals surface area contributed by atoms with Crippen molar-refractivity contribution in [3.05, 3.63) is 34.8 Å². The zero-order valence-corrected chi connectivity index (χ0v) is 22.6. The standard InChI is InChI=1S/C24H34N4O2S.2ClH/c1-24(2,3)16-27(5)22(29)21-15-28-20-9-8-17(13-19(20)25-23(28)31-21)14-26(4)11-10-18-7-6-12-30-18;;/h8-9,13,15,18H,6-7,10-12,14,16H2,1-5H3;2*1H. The van der Waals surface area contributed by atoms with Crippen LogP contribution in [0.2, 0.25) is 0 Å². The smallest absolute Gasteiger partial charge is 0.265 e. The Morgan fingerprint density at radius 3 is 2.70 bits per heavy atom. The van der Waals surface area contributed by atoms with Gasteiger partial charge in [-0.25, -0.2) is 4.98 Å². The van der Waals surface area contributed by atoms with Crippen molar-refractivity contribution in [1.82, 2.24) is 19.2 Å². The molecule has 1 aromatic carbocycles. The molecule has 1 fully saturated rings. The highest BCUT2D eigenvalue weighted by atomic mass is 35.5. The molecule has 1 saturated heterocycles. The van der Waals surface area contributed by atoms with Crippen LogP contribution in [0.3, 0.4) is 0 Å². The van der Waals surface area contributed by atoms with Crippen molar-refractivity contribution in [2.24, 2.45) is 5.41 Å². The van der Waals surface area contributed by atoms with Crippen LogP contribution >= 0.6 is 36.2 Å². The molecule has 6 nitrogen and oxygen atoms in total. The number of carbonyl (C=O) groups is 1. The molecule has 0 radical (unpaired) electrons. The van der Waals surface area contributed by atoms with Gasteiger partial charge in [0.25, 0.3) is 5.91 Å². The van der Waals surface area contributed by atoms with Crippen LogP contribution < -0.4 is 0 Å². The summed E-state index contributed by atoms with van der Waals surface area (Å²) >= 11 is 1.46. The summed E-state index contributed by atoms with van der Waals surface area (Å²) in [7, 11) is 4.03. The predicted octanol–water partition coefficient (Wildman–Crippen LogP) is 5.51. The minimum Gasteiger partial charge on any atom is -0.378 e. The molecule has 3 heterocycles. The lowest BCUT2D eigenvalue weighted by atomic mass is 9.96. The second-order valence-corrected chi connectivity index (χ2v) is 11.1. The van der Waals surface area contributed by atoms with Gasteiger partial charge in [-0.05, 0) is 49.4 Å². The molecule has 2 aromatic heterocycles. The summed E-state index contributed by atoms with van der Waals surface area (Å²) in [6, 6.07) is 6.47. The summed E-state index contributed by atoms with van der Waals surface area (Å²) in [5.41, 5.74) is 3.37. The Kier molecular flexibility index (Phi) is 9.59. The van der Waals surface area contributed by atoms with Gasteiger partial charge in [0.05, 0.1) is 17.1 Å². The van der Waals surface area contributed by atoms with E-state index in [1.165, 1.54) is 29.7 Å². The van der Waals surface area contributed by atoms with Gasteiger partial charge in [-0.2, -0.15) is 0 Å². The van der Waals surface area contributed by atoms with Crippen LogP contribution in [0.5, 0.6) is 0 Å². The number of aromatic nitrogens is 2. The first-order valence-corrected chi connectivity index (χ1v) is 12.0. The zero-order chi connectivity index (χ0) is 22.2. The van der Waals surface area contributed by atoms with E-state index in [9.17, 15) is 4.79 Å². The number of carbonyl (C=O) groups excluding carboxylic acids is 1. The topological polar surface area (TPSA) is 50.1 Å². The van der Waals surface area contributed by atoms with Crippen molar-refractivity contribution >= 4 is 58.1 Å². The fraction of sp³-hybridized carbons (Fsp3) is 0.583. The first-order chi connectivity index (χ1) is 14.7. The first kappa shape index (κ1) is 27.9. The van der Waals surface area contributed by atoms with Crippen molar-refractivity contribution in [3.63, 3.8) is 0 Å². The minimum absolute atomic E-state index is 0. The number of benzene rings is 1. The van der Waals surface area contributed by atoms with E-state index in [1.807, 2.05) is 17.6 Å². The number of hydrogen-bond donors (Lipinski definition) is 0. The Labute approximate surface area is 213 Å². The summed E-state index contributed by atoms with van der Waals surface area (Å²) in [5, 5.41) is 0. The minimum atomic E-state index is 0. The van der Waals surface area contributed by atoms with E-state index in [0.29, 0.717) is 6.10 Å². The molecule has 0 aliphatic carbocycles. The number of rotatable bonds is 7. The van der Waals surface area contributed by atoms with Crippen LogP contribution in [0.4, 0.5) is 0 Å². The van der Waals surface area contributed by atoms with E-state index in [0.717, 1.165) is 53.5 Å². The van der Waals surface area contributed by atoms with Gasteiger partial charge >= 0.3 is 0 Å². The van der Waals surface area contributed by atoms with Crippen molar-refractivity contribution in [2.45, 2.75) is 52.7 Å². The number of halogens is 2. The molecule has 1 aliphatic rings. The van der Waals surface area contributed by atoms with Crippen LogP contribution in [0.1, 0.15) is 55.3 Å². The highest BCUT2D eigenvalue weighted by molar-refractivity contribution is 7.18. The van der Waals surface area contributed by atoms with Crippen LogP contribution in [-0.4, -0.2) is 65.0 Å². The lowest BCUT2D eigenvalue weighted by Gasteiger charge is -2.26. The molecule has 9 heteroatoms. The molecule has 1 atom stereocenters. The van der Waals surface area contributed by atoms with Crippen molar-refractivity contribution < 1.29 is 9.53 Å². The molecule has 0 spiro atoms. The average molecular weight is 516 g/mol. The second kappa shape index (κ2) is 11.4. The van der Waals surface area contributed by atoms with Crippen molar-refractivity contribution in [1.29, 1.82) is 0 Å². The first-order valence-electron chi connectivity index (χ1n) is 11.2. The Morgan fingerprint density at radius 2 is 2.03 bits per heavy atom. The maximum absolute atomic E-state index is 12.8. The van der Waals surface area contributed by atoms with E-state index < -0.39 is 0 Å². The number of fused-ring (bicyclic) bond motifs is 3. The maximum Gasteiger partial charge on any atom is 0.265 e. The van der Waals surface area contributed by atoms with Gasteiger partial charge in [-0.1, -0.05) is 38.2 Å². The summed E-state index contributed by atoms with van der Waals surface area (Å²) in [6.07, 6.45) is 5.86. The van der Waals surface area contributed by atoms with E-state index in [-0.39, 0.29) is 36.1 Å². The Bertz CT molecular complexity index is 1070. The molecule has 1 aliphatic heterocycles. The molecule has 1 amide bonds. The van der Waals surface area contributed by atoms with Gasteiger partial charge < -0.3 is 14.5 Å². The average Bonchev–Trinajstić information content (AvgIpc) is 3.40. The Hall–Kier alpha value is -1.38. The van der Waals surface area contributed by atoms with Crippen LogP contribution in [-0.2, 0) is 11.3 Å². The molecular weight excluding hydrogens is 479 g/mol. The number of thiazole rings is 1. The van der Waals surface area contributed by atoms with Gasteiger partial charge in [0.2, 0.25) is 0 Å². The Morgan fingerprint density at radius 1 is 1.27 bits per heavy atom. The summed E-state index contributed by atoms with van der Waals surface area (Å²) in [5.74, 6) is 0.0584. The molecule has 184 valence electrons. The van der Waals surface area contributed by atoms with Gasteiger partial charge in [0, 0.05) is 39.5 Å². The maximum atomic E-state index is 12.8. The van der Waals surface area contributed by atoms with E-state index in [4.69, 9.17) is 9.72 Å². The van der Waals surface area contributed by atoms with Gasteiger partial charge in [-0.3, -0.25) is 9.20 Å². The molecular formula is C24H36Cl2N4O2S. The van der Waals surface area contributed by atoms with E-state index >= 15 is 0 Å². The molecule has 4 rings (SSSR count). The van der Waals surface area contributed by atoms with Crippen molar-refractivity contribution in [2.75, 3.05) is 33.8 Å². The lowest BCUT2D eigenvalue weighted by molar-refractivity contribution is 0.0750. The third-order valence-corrected chi connectivity index (χ3v) is 6.72. The van der Waals surface area contributed by atoms with Crippen LogP contribution in [0, 0.1) is 5.41 Å². The fourth-order valence-electron chi connectivity index (χ4n) is 4.36.